The maximum Gasteiger partial charge on any atom is 0.243 e. The van der Waals surface area contributed by atoms with Gasteiger partial charge in [-0.3, -0.25) is 4.79 Å². The number of hydrogen-bond donors (Lipinski definition) is 1. The molecule has 2 aromatic rings. The number of hydrogen-bond acceptors (Lipinski definition) is 4. The first-order valence-electron chi connectivity index (χ1n) is 9.55. The minimum absolute atomic E-state index is 0.173. The first-order valence-corrected chi connectivity index (χ1v) is 11.0. The summed E-state index contributed by atoms with van der Waals surface area (Å²) in [6, 6.07) is 14.7. The maximum absolute atomic E-state index is 13.0. The standard InChI is InChI=1S/C21H27N3O3S/c1-17-11-12-18(15-20(17)28(26,27)24-13-7-4-8-14-24)22-21(25)16-23(2)19-9-5-3-6-10-19/h3,5-6,9-12,15H,4,7-8,13-14,16H2,1-2H3,(H,22,25). The second-order valence-corrected chi connectivity index (χ2v) is 9.09. The molecule has 1 heterocycles. The molecule has 1 amide bonds. The van der Waals surface area contributed by atoms with Crippen molar-refractivity contribution in [3.63, 3.8) is 0 Å². The molecule has 0 aliphatic carbocycles. The SMILES string of the molecule is Cc1ccc(NC(=O)CN(C)c2ccccc2)cc1S(=O)(=O)N1CCCCC1. The van der Waals surface area contributed by atoms with Crippen molar-refractivity contribution in [1.82, 2.24) is 4.31 Å². The summed E-state index contributed by atoms with van der Waals surface area (Å²) in [6.07, 6.45) is 2.84. The number of likely N-dealkylation sites (N-methyl/N-ethyl adjacent to an activating group) is 1. The Kier molecular flexibility index (Phi) is 6.36. The number of carbonyl (C=O) groups excluding carboxylic acids is 1. The van der Waals surface area contributed by atoms with Crippen molar-refractivity contribution in [2.45, 2.75) is 31.1 Å². The maximum atomic E-state index is 13.0. The van der Waals surface area contributed by atoms with Crippen molar-refractivity contribution in [3.05, 3.63) is 54.1 Å². The molecule has 0 atom stereocenters. The third-order valence-electron chi connectivity index (χ3n) is 4.98. The number of nitrogens with one attached hydrogen (secondary N) is 1. The molecule has 1 fully saturated rings. The Labute approximate surface area is 167 Å². The van der Waals surface area contributed by atoms with E-state index in [2.05, 4.69) is 5.32 Å². The molecule has 1 aliphatic rings. The van der Waals surface area contributed by atoms with Crippen LogP contribution >= 0.6 is 0 Å². The zero-order valence-electron chi connectivity index (χ0n) is 16.4. The van der Waals surface area contributed by atoms with Crippen LogP contribution in [0.1, 0.15) is 24.8 Å². The highest BCUT2D eigenvalue weighted by Crippen LogP contribution is 2.26. The number of anilines is 2. The number of amides is 1. The van der Waals surface area contributed by atoms with Crippen LogP contribution in [-0.4, -0.2) is 45.3 Å². The number of aryl methyl sites for hydroxylation is 1. The van der Waals surface area contributed by atoms with Gasteiger partial charge in [0.2, 0.25) is 15.9 Å². The molecule has 0 spiro atoms. The molecule has 1 saturated heterocycles. The molecule has 28 heavy (non-hydrogen) atoms. The van der Waals surface area contributed by atoms with Crippen LogP contribution in [0.3, 0.4) is 0 Å². The largest absolute Gasteiger partial charge is 0.365 e. The summed E-state index contributed by atoms with van der Waals surface area (Å²) in [5.74, 6) is -0.198. The third kappa shape index (κ3) is 4.72. The van der Waals surface area contributed by atoms with Crippen LogP contribution in [0.15, 0.2) is 53.4 Å². The quantitative estimate of drug-likeness (QED) is 0.807. The van der Waals surface area contributed by atoms with Crippen LogP contribution < -0.4 is 10.2 Å². The predicted molar refractivity (Wildman–Crippen MR) is 112 cm³/mol. The highest BCUT2D eigenvalue weighted by molar-refractivity contribution is 7.89. The smallest absolute Gasteiger partial charge is 0.243 e. The first-order chi connectivity index (χ1) is 13.4. The number of piperidine rings is 1. The monoisotopic (exact) mass is 401 g/mol. The van der Waals surface area contributed by atoms with Gasteiger partial charge in [-0.05, 0) is 49.6 Å². The summed E-state index contributed by atoms with van der Waals surface area (Å²) in [4.78, 5) is 14.5. The molecule has 2 aromatic carbocycles. The first kappa shape index (κ1) is 20.4. The van der Waals surface area contributed by atoms with E-state index in [9.17, 15) is 13.2 Å². The van der Waals surface area contributed by atoms with Gasteiger partial charge >= 0.3 is 0 Å². The Balaban J connectivity index is 1.73. The van der Waals surface area contributed by atoms with Gasteiger partial charge < -0.3 is 10.2 Å². The Bertz CT molecular complexity index is 923. The molecule has 1 N–H and O–H groups in total. The number of para-hydroxylation sites is 1. The van der Waals surface area contributed by atoms with Crippen molar-refractivity contribution >= 4 is 27.3 Å². The van der Waals surface area contributed by atoms with E-state index in [0.717, 1.165) is 24.9 Å². The molecule has 0 unspecified atom stereocenters. The molecular formula is C21H27N3O3S. The molecule has 150 valence electrons. The molecule has 0 radical (unpaired) electrons. The summed E-state index contributed by atoms with van der Waals surface area (Å²) < 4.78 is 27.6. The van der Waals surface area contributed by atoms with Gasteiger partial charge in [0.25, 0.3) is 0 Å². The van der Waals surface area contributed by atoms with Crippen LogP contribution in [-0.2, 0) is 14.8 Å². The minimum atomic E-state index is -3.55. The lowest BCUT2D eigenvalue weighted by atomic mass is 10.2. The zero-order chi connectivity index (χ0) is 20.1. The number of carbonyl (C=O) groups is 1. The second-order valence-electron chi connectivity index (χ2n) is 7.18. The summed E-state index contributed by atoms with van der Waals surface area (Å²) in [5, 5.41) is 2.82. The Morgan fingerprint density at radius 3 is 2.43 bits per heavy atom. The lowest BCUT2D eigenvalue weighted by molar-refractivity contribution is -0.114. The number of rotatable bonds is 6. The third-order valence-corrected chi connectivity index (χ3v) is 7.02. The van der Waals surface area contributed by atoms with E-state index in [1.165, 1.54) is 0 Å². The van der Waals surface area contributed by atoms with Crippen LogP contribution in [0.5, 0.6) is 0 Å². The molecular weight excluding hydrogens is 374 g/mol. The number of nitrogens with zero attached hydrogens (tertiary/aromatic N) is 2. The Morgan fingerprint density at radius 1 is 1.07 bits per heavy atom. The Hall–Kier alpha value is -2.38. The van der Waals surface area contributed by atoms with E-state index in [0.29, 0.717) is 24.3 Å². The van der Waals surface area contributed by atoms with Gasteiger partial charge in [-0.2, -0.15) is 4.31 Å². The molecule has 3 rings (SSSR count). The molecule has 7 heteroatoms. The second kappa shape index (κ2) is 8.75. The van der Waals surface area contributed by atoms with Crippen molar-refractivity contribution < 1.29 is 13.2 Å². The highest BCUT2D eigenvalue weighted by atomic mass is 32.2. The van der Waals surface area contributed by atoms with Crippen LogP contribution in [0.4, 0.5) is 11.4 Å². The Morgan fingerprint density at radius 2 is 1.75 bits per heavy atom. The van der Waals surface area contributed by atoms with Gasteiger partial charge in [0.15, 0.2) is 0 Å². The van der Waals surface area contributed by atoms with Crippen LogP contribution in [0.2, 0.25) is 0 Å². The molecule has 6 nitrogen and oxygen atoms in total. The average molecular weight is 402 g/mol. The molecule has 0 bridgehead atoms. The predicted octanol–water partition coefficient (Wildman–Crippen LogP) is 3.24. The van der Waals surface area contributed by atoms with E-state index >= 15 is 0 Å². The zero-order valence-corrected chi connectivity index (χ0v) is 17.2. The van der Waals surface area contributed by atoms with Crippen LogP contribution in [0.25, 0.3) is 0 Å². The number of benzene rings is 2. The minimum Gasteiger partial charge on any atom is -0.365 e. The fraction of sp³-hybridized carbons (Fsp3) is 0.381. The normalized spacial score (nSPS) is 15.2. The van der Waals surface area contributed by atoms with Gasteiger partial charge in [0.1, 0.15) is 0 Å². The summed E-state index contributed by atoms with van der Waals surface area (Å²) in [6.45, 7) is 3.07. The fourth-order valence-electron chi connectivity index (χ4n) is 3.39. The van der Waals surface area contributed by atoms with Crippen molar-refractivity contribution in [1.29, 1.82) is 0 Å². The molecule has 0 aromatic heterocycles. The lowest BCUT2D eigenvalue weighted by Crippen LogP contribution is -2.36. The van der Waals surface area contributed by atoms with E-state index < -0.39 is 10.0 Å². The van der Waals surface area contributed by atoms with Crippen molar-refractivity contribution in [2.24, 2.45) is 0 Å². The van der Waals surface area contributed by atoms with E-state index in [1.54, 1.807) is 29.4 Å². The van der Waals surface area contributed by atoms with Gasteiger partial charge in [0, 0.05) is 31.5 Å². The van der Waals surface area contributed by atoms with E-state index in [-0.39, 0.29) is 17.3 Å². The van der Waals surface area contributed by atoms with Crippen molar-refractivity contribution in [3.8, 4) is 0 Å². The fourth-order valence-corrected chi connectivity index (χ4v) is 5.16. The highest BCUT2D eigenvalue weighted by Gasteiger charge is 2.27. The van der Waals surface area contributed by atoms with Gasteiger partial charge in [-0.25, -0.2) is 8.42 Å². The van der Waals surface area contributed by atoms with Gasteiger partial charge in [0.05, 0.1) is 11.4 Å². The summed E-state index contributed by atoms with van der Waals surface area (Å²) in [5.41, 5.74) is 2.12. The molecule has 1 aliphatic heterocycles. The average Bonchev–Trinajstić information content (AvgIpc) is 2.70. The number of sulfonamides is 1. The van der Waals surface area contributed by atoms with Gasteiger partial charge in [-0.1, -0.05) is 30.7 Å². The topological polar surface area (TPSA) is 69.7 Å². The lowest BCUT2D eigenvalue weighted by Gasteiger charge is -2.26. The van der Waals surface area contributed by atoms with E-state index in [4.69, 9.17) is 0 Å². The van der Waals surface area contributed by atoms with Gasteiger partial charge in [-0.15, -0.1) is 0 Å². The summed E-state index contributed by atoms with van der Waals surface area (Å²) >= 11 is 0. The molecule has 0 saturated carbocycles. The van der Waals surface area contributed by atoms with Crippen molar-refractivity contribution in [2.75, 3.05) is 36.9 Å². The summed E-state index contributed by atoms with van der Waals surface area (Å²) in [7, 11) is -1.70. The van der Waals surface area contributed by atoms with Crippen LogP contribution in [0, 0.1) is 6.92 Å². The van der Waals surface area contributed by atoms with E-state index in [1.807, 2.05) is 42.3 Å².